The number of aryl methyl sites for hydroxylation is 3. The molecule has 0 radical (unpaired) electrons. The van der Waals surface area contributed by atoms with E-state index in [1.54, 1.807) is 13.2 Å². The van der Waals surface area contributed by atoms with E-state index in [2.05, 4.69) is 0 Å². The van der Waals surface area contributed by atoms with Gasteiger partial charge < -0.3 is 9.47 Å². The van der Waals surface area contributed by atoms with Crippen molar-refractivity contribution in [3.63, 3.8) is 0 Å². The lowest BCUT2D eigenvalue weighted by atomic mass is 10.00. The van der Waals surface area contributed by atoms with Crippen LogP contribution in [0.5, 0.6) is 11.5 Å². The molecule has 0 N–H and O–H groups in total. The number of methoxy groups -OCH3 is 1. The van der Waals surface area contributed by atoms with Gasteiger partial charge in [0.1, 0.15) is 0 Å². The average molecular weight is 372 g/mol. The number of benzene rings is 3. The van der Waals surface area contributed by atoms with Gasteiger partial charge in [-0.1, -0.05) is 66.2 Å². The molecule has 3 aromatic carbocycles. The molecule has 28 heavy (non-hydrogen) atoms. The van der Waals surface area contributed by atoms with E-state index < -0.39 is 0 Å². The van der Waals surface area contributed by atoms with Crippen molar-refractivity contribution < 1.29 is 14.3 Å². The summed E-state index contributed by atoms with van der Waals surface area (Å²) in [6.07, 6.45) is 4.03. The van der Waals surface area contributed by atoms with Gasteiger partial charge in [-0.15, -0.1) is 0 Å². The van der Waals surface area contributed by atoms with Crippen LogP contribution < -0.4 is 9.47 Å². The quantitative estimate of drug-likeness (QED) is 0.312. The molecule has 3 heteroatoms. The summed E-state index contributed by atoms with van der Waals surface area (Å²) in [6, 6.07) is 19.6. The molecular formula is C25H24O3. The Kier molecular flexibility index (Phi) is 5.95. The molecule has 0 aliphatic carbocycles. The van der Waals surface area contributed by atoms with E-state index in [1.807, 2.05) is 87.5 Å². The van der Waals surface area contributed by atoms with Gasteiger partial charge in [-0.25, -0.2) is 4.79 Å². The lowest BCUT2D eigenvalue weighted by molar-refractivity contribution is 0.0728. The summed E-state index contributed by atoms with van der Waals surface area (Å²) in [5.74, 6) is 0.551. The monoisotopic (exact) mass is 372 g/mol. The maximum Gasteiger partial charge on any atom is 0.344 e. The van der Waals surface area contributed by atoms with E-state index in [-0.39, 0.29) is 5.97 Å². The van der Waals surface area contributed by atoms with Gasteiger partial charge >= 0.3 is 5.97 Å². The Morgan fingerprint density at radius 3 is 2.07 bits per heavy atom. The van der Waals surface area contributed by atoms with Crippen LogP contribution in [0.3, 0.4) is 0 Å². The highest BCUT2D eigenvalue weighted by Gasteiger charge is 2.17. The second kappa shape index (κ2) is 8.57. The number of carbonyl (C=O) groups is 1. The molecule has 0 fully saturated rings. The Labute approximate surface area is 166 Å². The molecule has 3 aromatic rings. The topological polar surface area (TPSA) is 35.5 Å². The van der Waals surface area contributed by atoms with Crippen LogP contribution in [0.4, 0.5) is 0 Å². The minimum atomic E-state index is -0.374. The van der Waals surface area contributed by atoms with Crippen molar-refractivity contribution in [2.75, 3.05) is 7.11 Å². The predicted octanol–water partition coefficient (Wildman–Crippen LogP) is 6.01. The van der Waals surface area contributed by atoms with E-state index in [4.69, 9.17) is 9.47 Å². The second-order valence-electron chi connectivity index (χ2n) is 6.82. The first-order valence-corrected chi connectivity index (χ1v) is 9.19. The highest BCUT2D eigenvalue weighted by molar-refractivity contribution is 5.94. The van der Waals surface area contributed by atoms with Crippen molar-refractivity contribution in [1.82, 2.24) is 0 Å². The van der Waals surface area contributed by atoms with Gasteiger partial charge in [0.2, 0.25) is 0 Å². The highest BCUT2D eigenvalue weighted by Crippen LogP contribution is 2.30. The van der Waals surface area contributed by atoms with Gasteiger partial charge in [0.15, 0.2) is 11.5 Å². The van der Waals surface area contributed by atoms with Gasteiger partial charge in [0.25, 0.3) is 0 Å². The van der Waals surface area contributed by atoms with Gasteiger partial charge in [0, 0.05) is 0 Å². The average Bonchev–Trinajstić information content (AvgIpc) is 2.67. The second-order valence-corrected chi connectivity index (χ2v) is 6.82. The molecule has 0 bridgehead atoms. The highest BCUT2D eigenvalue weighted by atomic mass is 16.6. The Balaban J connectivity index is 1.83. The zero-order chi connectivity index (χ0) is 20.1. The Morgan fingerprint density at radius 1 is 0.786 bits per heavy atom. The van der Waals surface area contributed by atoms with Gasteiger partial charge in [0.05, 0.1) is 12.7 Å². The Morgan fingerprint density at radius 2 is 1.43 bits per heavy atom. The fourth-order valence-corrected chi connectivity index (χ4v) is 3.28. The first kappa shape index (κ1) is 19.4. The molecule has 0 heterocycles. The molecule has 0 saturated carbocycles. The lowest BCUT2D eigenvalue weighted by Crippen LogP contribution is -2.13. The van der Waals surface area contributed by atoms with Crippen molar-refractivity contribution >= 4 is 18.1 Å². The molecule has 0 aliphatic heterocycles. The third-order valence-corrected chi connectivity index (χ3v) is 4.54. The fourth-order valence-electron chi connectivity index (χ4n) is 3.28. The summed E-state index contributed by atoms with van der Waals surface area (Å²) in [6.45, 7) is 5.86. The van der Waals surface area contributed by atoms with Crippen LogP contribution in [0.2, 0.25) is 0 Å². The number of rotatable bonds is 5. The van der Waals surface area contributed by atoms with E-state index in [9.17, 15) is 4.79 Å². The van der Waals surface area contributed by atoms with E-state index >= 15 is 0 Å². The molecule has 0 unspecified atom stereocenters. The van der Waals surface area contributed by atoms with Gasteiger partial charge in [-0.2, -0.15) is 0 Å². The van der Waals surface area contributed by atoms with Crippen LogP contribution in [0.25, 0.3) is 12.2 Å². The predicted molar refractivity (Wildman–Crippen MR) is 114 cm³/mol. The van der Waals surface area contributed by atoms with Crippen LogP contribution in [-0.2, 0) is 0 Å². The first-order chi connectivity index (χ1) is 13.5. The number of hydrogen-bond donors (Lipinski definition) is 0. The molecule has 3 nitrogen and oxygen atoms in total. The SMILES string of the molecule is COc1cc(/C=C/c2ccccc2)ccc1OC(=O)c1c(C)cc(C)cc1C. The van der Waals surface area contributed by atoms with Gasteiger partial charge in [-0.05, 0) is 55.2 Å². The molecule has 0 atom stereocenters. The van der Waals surface area contributed by atoms with Crippen molar-refractivity contribution in [2.24, 2.45) is 0 Å². The molecule has 0 aromatic heterocycles. The minimum absolute atomic E-state index is 0.374. The molecule has 0 saturated heterocycles. The van der Waals surface area contributed by atoms with Gasteiger partial charge in [-0.3, -0.25) is 0 Å². The van der Waals surface area contributed by atoms with Crippen LogP contribution >= 0.6 is 0 Å². The van der Waals surface area contributed by atoms with Crippen LogP contribution in [-0.4, -0.2) is 13.1 Å². The van der Waals surface area contributed by atoms with Crippen LogP contribution in [0, 0.1) is 20.8 Å². The molecule has 3 rings (SSSR count). The van der Waals surface area contributed by atoms with Crippen molar-refractivity contribution in [3.05, 3.63) is 94.0 Å². The molecule has 0 aliphatic rings. The van der Waals surface area contributed by atoms with Crippen LogP contribution in [0.1, 0.15) is 38.2 Å². The summed E-state index contributed by atoms with van der Waals surface area (Å²) >= 11 is 0. The molecule has 0 amide bonds. The molecular weight excluding hydrogens is 348 g/mol. The number of esters is 1. The Hall–Kier alpha value is -3.33. The zero-order valence-corrected chi connectivity index (χ0v) is 16.7. The third-order valence-electron chi connectivity index (χ3n) is 4.54. The van der Waals surface area contributed by atoms with Crippen molar-refractivity contribution in [1.29, 1.82) is 0 Å². The number of hydrogen-bond acceptors (Lipinski definition) is 3. The largest absolute Gasteiger partial charge is 0.493 e. The number of ether oxygens (including phenoxy) is 2. The maximum absolute atomic E-state index is 12.7. The summed E-state index contributed by atoms with van der Waals surface area (Å²) < 4.78 is 11.1. The van der Waals surface area contributed by atoms with E-state index in [1.165, 1.54) is 0 Å². The maximum atomic E-state index is 12.7. The summed E-state index contributed by atoms with van der Waals surface area (Å²) in [5, 5.41) is 0. The standard InChI is InChI=1S/C25H24O3/c1-17-14-18(2)24(19(3)15-17)25(26)28-22-13-12-21(16-23(22)27-4)11-10-20-8-6-5-7-9-20/h5-16H,1-4H3/b11-10+. The van der Waals surface area contributed by atoms with Crippen molar-refractivity contribution in [3.8, 4) is 11.5 Å². The summed E-state index contributed by atoms with van der Waals surface area (Å²) in [7, 11) is 1.57. The lowest BCUT2D eigenvalue weighted by Gasteiger charge is -2.13. The minimum Gasteiger partial charge on any atom is -0.493 e. The fraction of sp³-hybridized carbons (Fsp3) is 0.160. The summed E-state index contributed by atoms with van der Waals surface area (Å²) in [5.41, 5.74) is 5.61. The first-order valence-electron chi connectivity index (χ1n) is 9.19. The Bertz CT molecular complexity index is 994. The van der Waals surface area contributed by atoms with Crippen molar-refractivity contribution in [2.45, 2.75) is 20.8 Å². The molecule has 0 spiro atoms. The zero-order valence-electron chi connectivity index (χ0n) is 16.7. The number of carbonyl (C=O) groups excluding carboxylic acids is 1. The molecule has 142 valence electrons. The normalized spacial score (nSPS) is 10.9. The smallest absolute Gasteiger partial charge is 0.344 e. The third kappa shape index (κ3) is 4.49. The van der Waals surface area contributed by atoms with Crippen LogP contribution in [0.15, 0.2) is 60.7 Å². The van der Waals surface area contributed by atoms with E-state index in [0.717, 1.165) is 27.8 Å². The van der Waals surface area contributed by atoms with E-state index in [0.29, 0.717) is 17.1 Å². The summed E-state index contributed by atoms with van der Waals surface area (Å²) in [4.78, 5) is 12.7.